The molecule has 0 saturated carbocycles. The van der Waals surface area contributed by atoms with Crippen molar-refractivity contribution >= 4 is 17.2 Å². The topological polar surface area (TPSA) is 55.6 Å². The molecule has 0 atom stereocenters. The predicted octanol–water partition coefficient (Wildman–Crippen LogP) is 5.04. The first-order valence-electron chi connectivity index (χ1n) is 9.68. The highest BCUT2D eigenvalue weighted by Gasteiger charge is 2.09. The highest BCUT2D eigenvalue weighted by atomic mass is 16.5. The monoisotopic (exact) mass is 385 g/mol. The summed E-state index contributed by atoms with van der Waals surface area (Å²) in [6.07, 6.45) is 4.92. The minimum atomic E-state index is -0.160. The van der Waals surface area contributed by atoms with Crippen molar-refractivity contribution in [2.75, 3.05) is 5.32 Å². The Balaban J connectivity index is 1.44. The highest BCUT2D eigenvalue weighted by Crippen LogP contribution is 2.18. The van der Waals surface area contributed by atoms with Crippen LogP contribution in [0, 0.1) is 6.92 Å². The van der Waals surface area contributed by atoms with Crippen LogP contribution >= 0.6 is 0 Å². The molecule has 0 aliphatic rings. The molecule has 5 heteroatoms. The molecule has 2 aromatic heterocycles. The summed E-state index contributed by atoms with van der Waals surface area (Å²) in [5, 5.41) is 2.95. The number of nitrogens with zero attached hydrogens (tertiary/aromatic N) is 2. The molecule has 0 aliphatic heterocycles. The lowest BCUT2D eigenvalue weighted by Crippen LogP contribution is -2.12. The molecule has 0 spiro atoms. The second-order valence-electron chi connectivity index (χ2n) is 7.03. The summed E-state index contributed by atoms with van der Waals surface area (Å²) in [5.41, 5.74) is 5.42. The summed E-state index contributed by atoms with van der Waals surface area (Å²) >= 11 is 0. The fourth-order valence-corrected chi connectivity index (χ4v) is 3.18. The number of hydrogen-bond acceptors (Lipinski definition) is 3. The molecule has 0 fully saturated rings. The number of hydrogen-bond donors (Lipinski definition) is 1. The summed E-state index contributed by atoms with van der Waals surface area (Å²) in [4.78, 5) is 17.2. The van der Waals surface area contributed by atoms with Gasteiger partial charge in [0.1, 0.15) is 18.0 Å². The number of benzene rings is 2. The zero-order valence-corrected chi connectivity index (χ0v) is 16.6. The third kappa shape index (κ3) is 4.46. The van der Waals surface area contributed by atoms with Crippen LogP contribution in [0.2, 0.25) is 0 Å². The van der Waals surface area contributed by atoms with Gasteiger partial charge in [-0.1, -0.05) is 31.2 Å². The zero-order valence-electron chi connectivity index (χ0n) is 16.6. The molecule has 0 radical (unpaired) electrons. The van der Waals surface area contributed by atoms with E-state index in [1.165, 1.54) is 11.1 Å². The van der Waals surface area contributed by atoms with Crippen LogP contribution in [-0.4, -0.2) is 15.3 Å². The van der Waals surface area contributed by atoms with Gasteiger partial charge in [-0.25, -0.2) is 4.98 Å². The van der Waals surface area contributed by atoms with E-state index in [0.717, 1.165) is 23.4 Å². The van der Waals surface area contributed by atoms with E-state index in [-0.39, 0.29) is 5.91 Å². The Kier molecular flexibility index (Phi) is 5.29. The number of carbonyl (C=O) groups excluding carboxylic acids is 1. The number of ether oxygens (including phenoxy) is 1. The number of fused-ring (bicyclic) bond motifs is 1. The number of rotatable bonds is 6. The van der Waals surface area contributed by atoms with Crippen molar-refractivity contribution < 1.29 is 9.53 Å². The second kappa shape index (κ2) is 8.19. The van der Waals surface area contributed by atoms with E-state index in [2.05, 4.69) is 17.2 Å². The van der Waals surface area contributed by atoms with Crippen molar-refractivity contribution in [3.63, 3.8) is 0 Å². The van der Waals surface area contributed by atoms with Crippen LogP contribution < -0.4 is 10.1 Å². The van der Waals surface area contributed by atoms with Crippen LogP contribution in [0.5, 0.6) is 5.75 Å². The van der Waals surface area contributed by atoms with Crippen LogP contribution in [0.3, 0.4) is 0 Å². The number of amides is 1. The average Bonchev–Trinajstić information content (AvgIpc) is 3.14. The quantitative estimate of drug-likeness (QED) is 0.506. The lowest BCUT2D eigenvalue weighted by molar-refractivity contribution is 0.102. The van der Waals surface area contributed by atoms with Gasteiger partial charge in [-0.05, 0) is 60.9 Å². The summed E-state index contributed by atoms with van der Waals surface area (Å²) in [5.74, 6) is 0.472. The van der Waals surface area contributed by atoms with Gasteiger partial charge >= 0.3 is 0 Å². The van der Waals surface area contributed by atoms with E-state index in [9.17, 15) is 4.79 Å². The summed E-state index contributed by atoms with van der Waals surface area (Å²) in [6.45, 7) is 4.47. The van der Waals surface area contributed by atoms with Crippen molar-refractivity contribution in [2.45, 2.75) is 26.9 Å². The lowest BCUT2D eigenvalue weighted by atomic mass is 10.1. The van der Waals surface area contributed by atoms with Gasteiger partial charge in [-0.2, -0.15) is 0 Å². The molecule has 0 aliphatic carbocycles. The number of carbonyl (C=O) groups is 1. The maximum absolute atomic E-state index is 12.6. The fraction of sp³-hybridized carbons (Fsp3) is 0.167. The Morgan fingerprint density at radius 2 is 1.93 bits per heavy atom. The fourth-order valence-electron chi connectivity index (χ4n) is 3.18. The van der Waals surface area contributed by atoms with Crippen molar-refractivity contribution in [1.29, 1.82) is 0 Å². The third-order valence-electron chi connectivity index (χ3n) is 4.72. The Morgan fingerprint density at radius 3 is 2.79 bits per heavy atom. The number of aromatic nitrogens is 2. The molecular weight excluding hydrogens is 362 g/mol. The zero-order chi connectivity index (χ0) is 20.2. The first kappa shape index (κ1) is 18.7. The average molecular weight is 385 g/mol. The standard InChI is InChI=1S/C24H23N3O2/c1-3-18-6-4-8-20(12-18)26-24(28)19-7-5-9-22(13-19)29-16-21-15-27-14-17(2)10-11-23(27)25-21/h4-15H,3,16H2,1-2H3,(H,26,28). The van der Waals surface area contributed by atoms with Gasteiger partial charge in [0.05, 0.1) is 5.69 Å². The lowest BCUT2D eigenvalue weighted by Gasteiger charge is -2.09. The molecule has 0 saturated heterocycles. The smallest absolute Gasteiger partial charge is 0.255 e. The van der Waals surface area contributed by atoms with E-state index in [1.807, 2.05) is 72.2 Å². The summed E-state index contributed by atoms with van der Waals surface area (Å²) in [7, 11) is 0. The molecule has 0 unspecified atom stereocenters. The van der Waals surface area contributed by atoms with Crippen LogP contribution in [0.1, 0.15) is 34.1 Å². The number of imidazole rings is 1. The maximum Gasteiger partial charge on any atom is 0.255 e. The molecule has 4 aromatic rings. The molecule has 1 N–H and O–H groups in total. The van der Waals surface area contributed by atoms with Crippen molar-refractivity contribution in [1.82, 2.24) is 9.38 Å². The minimum Gasteiger partial charge on any atom is -0.487 e. The van der Waals surface area contributed by atoms with Gasteiger partial charge in [-0.15, -0.1) is 0 Å². The summed E-state index contributed by atoms with van der Waals surface area (Å²) in [6, 6.07) is 19.1. The maximum atomic E-state index is 12.6. The van der Waals surface area contributed by atoms with Crippen molar-refractivity contribution in [2.24, 2.45) is 0 Å². The van der Waals surface area contributed by atoms with Gasteiger partial charge in [0.25, 0.3) is 5.91 Å². The van der Waals surface area contributed by atoms with E-state index < -0.39 is 0 Å². The van der Waals surface area contributed by atoms with Crippen LogP contribution in [0.4, 0.5) is 5.69 Å². The van der Waals surface area contributed by atoms with E-state index in [1.54, 1.807) is 12.1 Å². The van der Waals surface area contributed by atoms with Crippen LogP contribution in [0.15, 0.2) is 73.1 Å². The van der Waals surface area contributed by atoms with Gasteiger partial charge in [0, 0.05) is 23.6 Å². The first-order valence-corrected chi connectivity index (χ1v) is 9.68. The van der Waals surface area contributed by atoms with Gasteiger partial charge in [0.2, 0.25) is 0 Å². The normalized spacial score (nSPS) is 10.8. The first-order chi connectivity index (χ1) is 14.1. The second-order valence-corrected chi connectivity index (χ2v) is 7.03. The third-order valence-corrected chi connectivity index (χ3v) is 4.72. The van der Waals surface area contributed by atoms with Crippen molar-refractivity contribution in [3.8, 4) is 5.75 Å². The molecule has 29 heavy (non-hydrogen) atoms. The molecule has 146 valence electrons. The molecule has 0 bridgehead atoms. The summed E-state index contributed by atoms with van der Waals surface area (Å²) < 4.78 is 7.86. The Labute approximate surface area is 170 Å². The number of pyridine rings is 1. The Bertz CT molecular complexity index is 1160. The largest absolute Gasteiger partial charge is 0.487 e. The van der Waals surface area contributed by atoms with E-state index in [0.29, 0.717) is 17.9 Å². The SMILES string of the molecule is CCc1cccc(NC(=O)c2cccc(OCc3cn4cc(C)ccc4n3)c2)c1. The highest BCUT2D eigenvalue weighted by molar-refractivity contribution is 6.04. The van der Waals surface area contributed by atoms with E-state index in [4.69, 9.17) is 4.74 Å². The number of aryl methyl sites for hydroxylation is 2. The van der Waals surface area contributed by atoms with E-state index >= 15 is 0 Å². The van der Waals surface area contributed by atoms with Crippen molar-refractivity contribution in [3.05, 3.63) is 95.4 Å². The number of anilines is 1. The Hall–Kier alpha value is -3.60. The minimum absolute atomic E-state index is 0.160. The predicted molar refractivity (Wildman–Crippen MR) is 114 cm³/mol. The van der Waals surface area contributed by atoms with Crippen LogP contribution in [-0.2, 0) is 13.0 Å². The molecule has 2 aromatic carbocycles. The van der Waals surface area contributed by atoms with Gasteiger partial charge in [-0.3, -0.25) is 4.79 Å². The Morgan fingerprint density at radius 1 is 1.07 bits per heavy atom. The molecule has 2 heterocycles. The number of nitrogens with one attached hydrogen (secondary N) is 1. The molecule has 4 rings (SSSR count). The molecular formula is C24H23N3O2. The van der Waals surface area contributed by atoms with Gasteiger partial charge < -0.3 is 14.5 Å². The molecule has 1 amide bonds. The molecule has 5 nitrogen and oxygen atoms in total. The van der Waals surface area contributed by atoms with Gasteiger partial charge in [0.15, 0.2) is 0 Å². The van der Waals surface area contributed by atoms with Crippen LogP contribution in [0.25, 0.3) is 5.65 Å².